The monoisotopic (exact) mass is 297 g/mol. The fourth-order valence-corrected chi connectivity index (χ4v) is 3.48. The molecule has 2 rings (SSSR count). The number of hydrogen-bond acceptors (Lipinski definition) is 4. The van der Waals surface area contributed by atoms with Crippen molar-refractivity contribution in [1.29, 1.82) is 0 Å². The van der Waals surface area contributed by atoms with Gasteiger partial charge < -0.3 is 15.0 Å². The second-order valence-electron chi connectivity index (χ2n) is 7.28. The molecule has 0 radical (unpaired) electrons. The van der Waals surface area contributed by atoms with Crippen LogP contribution in [0.25, 0.3) is 0 Å². The first-order valence-electron chi connectivity index (χ1n) is 8.30. The van der Waals surface area contributed by atoms with Gasteiger partial charge in [0.15, 0.2) is 0 Å². The Labute approximate surface area is 129 Å². The number of ether oxygens (including phenoxy) is 1. The normalized spacial score (nSPS) is 23.9. The van der Waals surface area contributed by atoms with Crippen molar-refractivity contribution in [3.8, 4) is 0 Å². The van der Waals surface area contributed by atoms with E-state index in [0.717, 1.165) is 39.3 Å². The van der Waals surface area contributed by atoms with E-state index >= 15 is 0 Å². The third-order valence-electron chi connectivity index (χ3n) is 4.79. The van der Waals surface area contributed by atoms with Crippen LogP contribution in [-0.2, 0) is 4.74 Å². The topological polar surface area (TPSA) is 44.8 Å². The van der Waals surface area contributed by atoms with Gasteiger partial charge in [-0.3, -0.25) is 4.90 Å². The third-order valence-corrected chi connectivity index (χ3v) is 4.79. The van der Waals surface area contributed by atoms with E-state index in [1.165, 1.54) is 19.3 Å². The molecule has 2 saturated heterocycles. The number of rotatable bonds is 2. The van der Waals surface area contributed by atoms with Crippen molar-refractivity contribution in [3.63, 3.8) is 0 Å². The molecule has 2 heterocycles. The van der Waals surface area contributed by atoms with Crippen molar-refractivity contribution in [2.45, 2.75) is 58.1 Å². The summed E-state index contributed by atoms with van der Waals surface area (Å²) < 4.78 is 5.47. The van der Waals surface area contributed by atoms with Gasteiger partial charge in [0.25, 0.3) is 0 Å². The second-order valence-corrected chi connectivity index (χ2v) is 7.28. The lowest BCUT2D eigenvalue weighted by Crippen LogP contribution is -2.60. The van der Waals surface area contributed by atoms with Gasteiger partial charge in [0.2, 0.25) is 0 Å². The van der Waals surface area contributed by atoms with Crippen LogP contribution in [0.1, 0.15) is 47.0 Å². The molecule has 0 spiro atoms. The number of nitrogens with zero attached hydrogens (tertiary/aromatic N) is 2. The minimum Gasteiger partial charge on any atom is -0.444 e. The molecular formula is C16H31N3O2. The lowest BCUT2D eigenvalue weighted by Gasteiger charge is -2.49. The van der Waals surface area contributed by atoms with Crippen LogP contribution in [0.5, 0.6) is 0 Å². The van der Waals surface area contributed by atoms with Gasteiger partial charge in [-0.1, -0.05) is 6.92 Å². The van der Waals surface area contributed by atoms with Crippen LogP contribution < -0.4 is 5.32 Å². The molecule has 0 aromatic carbocycles. The van der Waals surface area contributed by atoms with Gasteiger partial charge in [0, 0.05) is 31.7 Å². The Morgan fingerprint density at radius 3 is 2.19 bits per heavy atom. The highest BCUT2D eigenvalue weighted by molar-refractivity contribution is 5.68. The quantitative estimate of drug-likeness (QED) is 0.847. The minimum atomic E-state index is -0.409. The fourth-order valence-electron chi connectivity index (χ4n) is 3.48. The minimum absolute atomic E-state index is 0.169. The Morgan fingerprint density at radius 2 is 1.71 bits per heavy atom. The number of hydrogen-bond donors (Lipinski definition) is 1. The summed E-state index contributed by atoms with van der Waals surface area (Å²) in [5.41, 5.74) is -0.0703. The van der Waals surface area contributed by atoms with Crippen LogP contribution in [0.2, 0.25) is 0 Å². The number of nitrogens with one attached hydrogen (secondary N) is 1. The van der Waals surface area contributed by atoms with Crippen LogP contribution >= 0.6 is 0 Å². The maximum Gasteiger partial charge on any atom is 0.410 e. The molecule has 1 N–H and O–H groups in total. The van der Waals surface area contributed by atoms with Gasteiger partial charge in [-0.2, -0.15) is 0 Å². The largest absolute Gasteiger partial charge is 0.444 e. The van der Waals surface area contributed by atoms with Crippen LogP contribution in [0.3, 0.4) is 0 Å². The summed E-state index contributed by atoms with van der Waals surface area (Å²) in [7, 11) is 0. The molecule has 0 atom stereocenters. The molecule has 5 heteroatoms. The first kappa shape index (κ1) is 16.6. The predicted octanol–water partition coefficient (Wildman–Crippen LogP) is 2.07. The number of carbonyl (C=O) groups is 1. The van der Waals surface area contributed by atoms with E-state index < -0.39 is 5.60 Å². The Hall–Kier alpha value is -0.810. The molecule has 1 amide bonds. The zero-order valence-corrected chi connectivity index (χ0v) is 14.1. The van der Waals surface area contributed by atoms with Gasteiger partial charge in [-0.15, -0.1) is 0 Å². The van der Waals surface area contributed by atoms with Crippen molar-refractivity contribution >= 4 is 6.09 Å². The molecule has 122 valence electrons. The molecule has 2 aliphatic rings. The molecule has 5 nitrogen and oxygen atoms in total. The maximum atomic E-state index is 12.1. The lowest BCUT2D eigenvalue weighted by molar-refractivity contribution is -0.0130. The van der Waals surface area contributed by atoms with E-state index in [1.807, 2.05) is 25.7 Å². The van der Waals surface area contributed by atoms with Gasteiger partial charge in [0.05, 0.1) is 0 Å². The molecule has 0 aromatic rings. The Balaban J connectivity index is 1.89. The summed E-state index contributed by atoms with van der Waals surface area (Å²) in [6.07, 6.45) is 3.46. The molecule has 0 saturated carbocycles. The fraction of sp³-hybridized carbons (Fsp3) is 0.938. The lowest BCUT2D eigenvalue weighted by atomic mass is 9.83. The van der Waals surface area contributed by atoms with Gasteiger partial charge in [-0.25, -0.2) is 4.79 Å². The zero-order chi connectivity index (χ0) is 15.5. The second kappa shape index (κ2) is 6.53. The van der Waals surface area contributed by atoms with Crippen molar-refractivity contribution < 1.29 is 9.53 Å². The van der Waals surface area contributed by atoms with E-state index in [4.69, 9.17) is 4.74 Å². The number of piperidine rings is 1. The highest BCUT2D eigenvalue weighted by Crippen LogP contribution is 2.30. The Morgan fingerprint density at radius 1 is 1.14 bits per heavy atom. The van der Waals surface area contributed by atoms with Crippen LogP contribution in [0, 0.1) is 0 Å². The average molecular weight is 297 g/mol. The van der Waals surface area contributed by atoms with Crippen LogP contribution in [0.15, 0.2) is 0 Å². The molecule has 2 fully saturated rings. The highest BCUT2D eigenvalue weighted by Gasteiger charge is 2.38. The first-order valence-corrected chi connectivity index (χ1v) is 8.30. The van der Waals surface area contributed by atoms with Gasteiger partial charge in [-0.05, 0) is 53.1 Å². The van der Waals surface area contributed by atoms with Crippen LogP contribution in [0.4, 0.5) is 4.79 Å². The summed E-state index contributed by atoms with van der Waals surface area (Å²) in [6, 6.07) is 0. The molecular weight excluding hydrogens is 266 g/mol. The van der Waals surface area contributed by atoms with Crippen molar-refractivity contribution in [2.24, 2.45) is 0 Å². The maximum absolute atomic E-state index is 12.1. The van der Waals surface area contributed by atoms with E-state index in [1.54, 1.807) is 0 Å². The van der Waals surface area contributed by atoms with Gasteiger partial charge in [0.1, 0.15) is 5.60 Å². The molecule has 0 aliphatic carbocycles. The number of carbonyl (C=O) groups excluding carboxylic acids is 1. The standard InChI is InChI=1S/C16H31N3O2/c1-5-16(6-8-17-9-7-16)19-12-10-18(11-13-19)14(20)21-15(2,3)4/h17H,5-13H2,1-4H3. The summed E-state index contributed by atoms with van der Waals surface area (Å²) in [4.78, 5) is 16.6. The third kappa shape index (κ3) is 4.10. The van der Waals surface area contributed by atoms with Crippen molar-refractivity contribution in [1.82, 2.24) is 15.1 Å². The summed E-state index contributed by atoms with van der Waals surface area (Å²) >= 11 is 0. The van der Waals surface area contributed by atoms with E-state index in [0.29, 0.717) is 5.54 Å². The number of piperazine rings is 1. The summed E-state index contributed by atoms with van der Waals surface area (Å²) in [5, 5.41) is 3.45. The van der Waals surface area contributed by atoms with Crippen molar-refractivity contribution in [3.05, 3.63) is 0 Å². The zero-order valence-electron chi connectivity index (χ0n) is 14.1. The smallest absolute Gasteiger partial charge is 0.410 e. The number of amides is 1. The first-order chi connectivity index (χ1) is 9.86. The Bertz CT molecular complexity index is 351. The molecule has 21 heavy (non-hydrogen) atoms. The highest BCUT2D eigenvalue weighted by atomic mass is 16.6. The molecule has 0 unspecified atom stereocenters. The summed E-state index contributed by atoms with van der Waals surface area (Å²) in [6.45, 7) is 13.8. The predicted molar refractivity (Wildman–Crippen MR) is 84.5 cm³/mol. The van der Waals surface area contributed by atoms with E-state index in [-0.39, 0.29) is 6.09 Å². The molecule has 0 aromatic heterocycles. The molecule has 0 bridgehead atoms. The SMILES string of the molecule is CCC1(N2CCN(C(=O)OC(C)(C)C)CC2)CCNCC1. The van der Waals surface area contributed by atoms with E-state index in [2.05, 4.69) is 17.1 Å². The van der Waals surface area contributed by atoms with E-state index in [9.17, 15) is 4.79 Å². The molecule has 2 aliphatic heterocycles. The van der Waals surface area contributed by atoms with Crippen molar-refractivity contribution in [2.75, 3.05) is 39.3 Å². The van der Waals surface area contributed by atoms with Gasteiger partial charge >= 0.3 is 6.09 Å². The Kier molecular flexibility index (Phi) is 5.15. The summed E-state index contributed by atoms with van der Waals surface area (Å²) in [5.74, 6) is 0. The van der Waals surface area contributed by atoms with Crippen LogP contribution in [-0.4, -0.2) is 66.3 Å². The average Bonchev–Trinajstić information content (AvgIpc) is 2.46.